The smallest absolute Gasteiger partial charge is 0.307 e. The van der Waals surface area contributed by atoms with Crippen LogP contribution in [0.4, 0.5) is 0 Å². The van der Waals surface area contributed by atoms with Crippen molar-refractivity contribution in [2.24, 2.45) is 5.92 Å². The van der Waals surface area contributed by atoms with Crippen molar-refractivity contribution in [1.82, 2.24) is 4.90 Å². The molecule has 1 heterocycles. The van der Waals surface area contributed by atoms with Gasteiger partial charge in [0, 0.05) is 24.7 Å². The van der Waals surface area contributed by atoms with Gasteiger partial charge in [0.2, 0.25) is 0 Å². The van der Waals surface area contributed by atoms with Gasteiger partial charge >= 0.3 is 5.97 Å². The van der Waals surface area contributed by atoms with Gasteiger partial charge in [-0.25, -0.2) is 0 Å². The predicted octanol–water partition coefficient (Wildman–Crippen LogP) is 2.31. The maximum Gasteiger partial charge on any atom is 0.307 e. The molecule has 15 heavy (non-hydrogen) atoms. The predicted molar refractivity (Wildman–Crippen MR) is 61.0 cm³/mol. The first-order chi connectivity index (χ1) is 7.04. The normalized spacial score (nSPS) is 29.1. The lowest BCUT2D eigenvalue weighted by Gasteiger charge is -2.36. The molecule has 1 rings (SSSR count). The van der Waals surface area contributed by atoms with Crippen LogP contribution < -0.4 is 0 Å². The fourth-order valence-electron chi connectivity index (χ4n) is 1.96. The minimum atomic E-state index is -0.681. The quantitative estimate of drug-likeness (QED) is 0.811. The zero-order valence-corrected chi connectivity index (χ0v) is 10.00. The molecule has 1 aliphatic rings. The van der Waals surface area contributed by atoms with E-state index in [2.05, 4.69) is 11.8 Å². The zero-order valence-electron chi connectivity index (χ0n) is 9.24. The second kappa shape index (κ2) is 5.52. The molecule has 3 nitrogen and oxygen atoms in total. The Balaban J connectivity index is 2.57. The standard InChI is InChI=1S/C11H18ClNO2/c1-8(5-12)6-13-7-10(11(14)15)4-3-9(13)2/h5,9-10H,3-4,6-7H2,1-2H3,(H,14,15)/b8-5+. The Bertz CT molecular complexity index is 265. The average Bonchev–Trinajstić information content (AvgIpc) is 2.20. The van der Waals surface area contributed by atoms with Crippen LogP contribution in [0.3, 0.4) is 0 Å². The van der Waals surface area contributed by atoms with Crippen molar-refractivity contribution < 1.29 is 9.90 Å². The Morgan fingerprint density at radius 2 is 2.27 bits per heavy atom. The van der Waals surface area contributed by atoms with Gasteiger partial charge in [0.05, 0.1) is 5.92 Å². The summed E-state index contributed by atoms with van der Waals surface area (Å²) in [5.74, 6) is -0.899. The lowest BCUT2D eigenvalue weighted by atomic mass is 9.93. The molecule has 1 aliphatic heterocycles. The summed E-state index contributed by atoms with van der Waals surface area (Å²) in [5.41, 5.74) is 2.64. The van der Waals surface area contributed by atoms with Crippen molar-refractivity contribution in [2.45, 2.75) is 32.7 Å². The average molecular weight is 232 g/mol. The first-order valence-corrected chi connectivity index (χ1v) is 5.71. The molecule has 1 saturated heterocycles. The molecule has 0 aliphatic carbocycles. The van der Waals surface area contributed by atoms with E-state index in [1.165, 1.54) is 0 Å². The zero-order chi connectivity index (χ0) is 11.4. The first-order valence-electron chi connectivity index (χ1n) is 5.27. The molecule has 1 fully saturated rings. The summed E-state index contributed by atoms with van der Waals surface area (Å²) in [4.78, 5) is 13.1. The summed E-state index contributed by atoms with van der Waals surface area (Å²) >= 11 is 5.61. The van der Waals surface area contributed by atoms with Crippen LogP contribution in [-0.2, 0) is 4.79 Å². The molecule has 2 atom stereocenters. The summed E-state index contributed by atoms with van der Waals surface area (Å²) in [6, 6.07) is 0.451. The molecule has 0 amide bonds. The van der Waals surface area contributed by atoms with Gasteiger partial charge in [0.15, 0.2) is 0 Å². The summed E-state index contributed by atoms with van der Waals surface area (Å²) in [6.07, 6.45) is 1.74. The maximum atomic E-state index is 10.9. The number of piperidine rings is 1. The number of hydrogen-bond acceptors (Lipinski definition) is 2. The van der Waals surface area contributed by atoms with E-state index in [1.807, 2.05) is 6.92 Å². The molecule has 0 aromatic rings. The molecule has 0 spiro atoms. The monoisotopic (exact) mass is 231 g/mol. The van der Waals surface area contributed by atoms with Crippen LogP contribution >= 0.6 is 11.6 Å². The summed E-state index contributed by atoms with van der Waals surface area (Å²) in [7, 11) is 0. The second-order valence-corrected chi connectivity index (χ2v) is 4.56. The van der Waals surface area contributed by atoms with Crippen LogP contribution in [0.2, 0.25) is 0 Å². The highest BCUT2D eigenvalue weighted by Gasteiger charge is 2.29. The van der Waals surface area contributed by atoms with E-state index in [4.69, 9.17) is 16.7 Å². The number of carbonyl (C=O) groups is 1. The SMILES string of the molecule is C/C(=C\Cl)CN1CC(C(=O)O)CCC1C. The van der Waals surface area contributed by atoms with E-state index in [0.29, 0.717) is 12.6 Å². The number of nitrogens with zero attached hydrogens (tertiary/aromatic N) is 1. The van der Waals surface area contributed by atoms with Crippen LogP contribution in [-0.4, -0.2) is 35.1 Å². The largest absolute Gasteiger partial charge is 0.481 e. The fourth-order valence-corrected chi connectivity index (χ4v) is 2.03. The van der Waals surface area contributed by atoms with Gasteiger partial charge < -0.3 is 5.11 Å². The molecule has 86 valence electrons. The van der Waals surface area contributed by atoms with E-state index >= 15 is 0 Å². The number of carboxylic acids is 1. The van der Waals surface area contributed by atoms with Crippen molar-refractivity contribution in [2.75, 3.05) is 13.1 Å². The van der Waals surface area contributed by atoms with Gasteiger partial charge in [-0.05, 0) is 32.3 Å². The van der Waals surface area contributed by atoms with E-state index in [-0.39, 0.29) is 5.92 Å². The highest BCUT2D eigenvalue weighted by atomic mass is 35.5. The van der Waals surface area contributed by atoms with Crippen LogP contribution in [0.15, 0.2) is 11.1 Å². The van der Waals surface area contributed by atoms with E-state index in [1.54, 1.807) is 5.54 Å². The highest BCUT2D eigenvalue weighted by molar-refractivity contribution is 6.25. The van der Waals surface area contributed by atoms with Gasteiger partial charge in [-0.3, -0.25) is 9.69 Å². The second-order valence-electron chi connectivity index (χ2n) is 4.35. The lowest BCUT2D eigenvalue weighted by molar-refractivity contribution is -0.144. The van der Waals surface area contributed by atoms with Crippen LogP contribution in [0.1, 0.15) is 26.7 Å². The van der Waals surface area contributed by atoms with E-state index in [0.717, 1.165) is 25.0 Å². The fraction of sp³-hybridized carbons (Fsp3) is 0.727. The molecule has 0 bridgehead atoms. The maximum absolute atomic E-state index is 10.9. The lowest BCUT2D eigenvalue weighted by Crippen LogP contribution is -2.44. The Kier molecular flexibility index (Phi) is 4.61. The van der Waals surface area contributed by atoms with Crippen molar-refractivity contribution in [1.29, 1.82) is 0 Å². The van der Waals surface area contributed by atoms with Gasteiger partial charge in [0.25, 0.3) is 0 Å². The Morgan fingerprint density at radius 1 is 1.60 bits per heavy atom. The van der Waals surface area contributed by atoms with E-state index < -0.39 is 5.97 Å². The first kappa shape index (κ1) is 12.5. The molecule has 0 aromatic heterocycles. The number of aliphatic carboxylic acids is 1. The third-order valence-corrected chi connectivity index (χ3v) is 3.37. The third kappa shape index (κ3) is 3.50. The molecule has 0 aromatic carbocycles. The topological polar surface area (TPSA) is 40.5 Å². The highest BCUT2D eigenvalue weighted by Crippen LogP contribution is 2.22. The molecule has 2 unspecified atom stereocenters. The third-order valence-electron chi connectivity index (χ3n) is 3.00. The van der Waals surface area contributed by atoms with Gasteiger partial charge in [-0.15, -0.1) is 0 Å². The number of halogens is 1. The van der Waals surface area contributed by atoms with Crippen molar-refractivity contribution >= 4 is 17.6 Å². The Hall–Kier alpha value is -0.540. The number of rotatable bonds is 3. The summed E-state index contributed by atoms with van der Waals surface area (Å²) in [5, 5.41) is 8.97. The number of hydrogen-bond donors (Lipinski definition) is 1. The van der Waals surface area contributed by atoms with E-state index in [9.17, 15) is 4.79 Å². The van der Waals surface area contributed by atoms with Gasteiger partial charge in [0.1, 0.15) is 0 Å². The van der Waals surface area contributed by atoms with Gasteiger partial charge in [-0.2, -0.15) is 0 Å². The molecule has 0 saturated carbocycles. The minimum Gasteiger partial charge on any atom is -0.481 e. The summed E-state index contributed by atoms with van der Waals surface area (Å²) < 4.78 is 0. The number of likely N-dealkylation sites (tertiary alicyclic amines) is 1. The van der Waals surface area contributed by atoms with Crippen LogP contribution in [0.25, 0.3) is 0 Å². The Labute approximate surface area is 95.7 Å². The van der Waals surface area contributed by atoms with Crippen molar-refractivity contribution in [3.05, 3.63) is 11.1 Å². The Morgan fingerprint density at radius 3 is 2.80 bits per heavy atom. The van der Waals surface area contributed by atoms with Crippen LogP contribution in [0.5, 0.6) is 0 Å². The molecule has 4 heteroatoms. The number of carboxylic acid groups (broad SMARTS) is 1. The van der Waals surface area contributed by atoms with Crippen molar-refractivity contribution in [3.8, 4) is 0 Å². The molecular weight excluding hydrogens is 214 g/mol. The van der Waals surface area contributed by atoms with Crippen molar-refractivity contribution in [3.63, 3.8) is 0 Å². The molecule has 1 N–H and O–H groups in total. The summed E-state index contributed by atoms with van der Waals surface area (Å²) in [6.45, 7) is 5.51. The molecule has 0 radical (unpaired) electrons. The molecular formula is C11H18ClNO2. The minimum absolute atomic E-state index is 0.218. The van der Waals surface area contributed by atoms with Crippen LogP contribution in [0, 0.1) is 5.92 Å². The van der Waals surface area contributed by atoms with Gasteiger partial charge in [-0.1, -0.05) is 11.6 Å².